The maximum atomic E-state index is 13.8. The van der Waals surface area contributed by atoms with E-state index in [4.69, 9.17) is 4.74 Å². The summed E-state index contributed by atoms with van der Waals surface area (Å²) in [4.78, 5) is 11.9. The third-order valence-electron chi connectivity index (χ3n) is 6.51. The number of carbonyl (C=O) groups excluding carboxylic acids is 1. The number of rotatable bonds is 10. The normalized spacial score (nSPS) is 13.9. The van der Waals surface area contributed by atoms with Gasteiger partial charge in [0.25, 0.3) is 0 Å². The number of esters is 1. The fourth-order valence-electron chi connectivity index (χ4n) is 4.29. The van der Waals surface area contributed by atoms with Gasteiger partial charge in [-0.15, -0.1) is 0 Å². The van der Waals surface area contributed by atoms with Gasteiger partial charge in [-0.1, -0.05) is 74.5 Å². The Morgan fingerprint density at radius 3 is 1.50 bits per heavy atom. The highest BCUT2D eigenvalue weighted by Crippen LogP contribution is 2.37. The molecule has 3 rings (SSSR count). The highest BCUT2D eigenvalue weighted by Gasteiger charge is 2.42. The number of carbonyl (C=O) groups is 1. The number of sulfone groups is 2. The number of hydrogen-bond donors (Lipinski definition) is 0. The third-order valence-corrected chi connectivity index (χ3v) is 11.7. The van der Waals surface area contributed by atoms with E-state index in [0.717, 1.165) is 11.1 Å². The van der Waals surface area contributed by atoms with Crippen molar-refractivity contribution in [2.45, 2.75) is 53.4 Å². The summed E-state index contributed by atoms with van der Waals surface area (Å²) in [5.41, 5.74) is 1.57. The molecule has 0 aliphatic heterocycles. The van der Waals surface area contributed by atoms with Crippen molar-refractivity contribution in [1.29, 1.82) is 0 Å². The molecule has 0 N–H and O–H groups in total. The summed E-state index contributed by atoms with van der Waals surface area (Å²) >= 11 is 0. The summed E-state index contributed by atoms with van der Waals surface area (Å²) in [5, 5.41) is 0. The van der Waals surface area contributed by atoms with Gasteiger partial charge >= 0.3 is 5.97 Å². The average molecular weight is 529 g/mol. The van der Waals surface area contributed by atoms with E-state index < -0.39 is 30.2 Å². The van der Waals surface area contributed by atoms with Gasteiger partial charge in [0, 0.05) is 0 Å². The molecular weight excluding hydrogens is 496 g/mol. The lowest BCUT2D eigenvalue weighted by molar-refractivity contribution is -0.142. The lowest BCUT2D eigenvalue weighted by atomic mass is 9.85. The van der Waals surface area contributed by atoms with Crippen LogP contribution >= 0.6 is 0 Å². The van der Waals surface area contributed by atoms with Gasteiger partial charge < -0.3 is 4.74 Å². The van der Waals surface area contributed by atoms with Crippen molar-refractivity contribution in [3.8, 4) is 0 Å². The summed E-state index contributed by atoms with van der Waals surface area (Å²) in [5.74, 6) is -1.22. The van der Waals surface area contributed by atoms with E-state index in [1.54, 1.807) is 55.5 Å². The van der Waals surface area contributed by atoms with Crippen LogP contribution in [0.5, 0.6) is 0 Å². The zero-order valence-electron chi connectivity index (χ0n) is 20.9. The van der Waals surface area contributed by atoms with Gasteiger partial charge in [-0.05, 0) is 60.6 Å². The Kier molecular flexibility index (Phi) is 8.74. The molecule has 2 unspecified atom stereocenters. The Morgan fingerprint density at radius 2 is 1.11 bits per heavy atom. The van der Waals surface area contributed by atoms with Gasteiger partial charge in [0.1, 0.15) is 0 Å². The van der Waals surface area contributed by atoms with Crippen molar-refractivity contribution in [2.24, 2.45) is 5.92 Å². The largest absolute Gasteiger partial charge is 0.469 e. The first-order chi connectivity index (χ1) is 17.0. The lowest BCUT2D eigenvalue weighted by Gasteiger charge is -2.27. The first-order valence-corrected chi connectivity index (χ1v) is 14.8. The Balaban J connectivity index is 2.08. The molecule has 8 heteroatoms. The van der Waals surface area contributed by atoms with Crippen LogP contribution < -0.4 is 0 Å². The number of hydrogen-bond acceptors (Lipinski definition) is 6. The standard InChI is InChI=1S/C28H32O6S2/c1-20(2)26(23-17-15-22(16-18-23)21(3)28(29)34-4)19-27(35(30,31)24-11-7-5-8-12-24)36(32,33)25-13-9-6-10-14-25/h5-18,20-21,26-27H,19H2,1-4H3. The fraction of sp³-hybridized carbons (Fsp3) is 0.321. The molecule has 0 saturated heterocycles. The molecule has 6 nitrogen and oxygen atoms in total. The molecule has 0 fully saturated rings. The fourth-order valence-corrected chi connectivity index (χ4v) is 8.89. The smallest absolute Gasteiger partial charge is 0.312 e. The monoisotopic (exact) mass is 528 g/mol. The Hall–Kier alpha value is -2.97. The van der Waals surface area contributed by atoms with E-state index in [-0.39, 0.29) is 34.0 Å². The summed E-state index contributed by atoms with van der Waals surface area (Å²) in [6, 6.07) is 22.7. The Morgan fingerprint density at radius 1 is 0.694 bits per heavy atom. The number of methoxy groups -OCH3 is 1. The van der Waals surface area contributed by atoms with Crippen LogP contribution in [-0.4, -0.2) is 34.5 Å². The predicted octanol–water partition coefficient (Wildman–Crippen LogP) is 5.37. The van der Waals surface area contributed by atoms with Crippen LogP contribution in [0.1, 0.15) is 50.2 Å². The van der Waals surface area contributed by atoms with E-state index in [2.05, 4.69) is 0 Å². The molecule has 36 heavy (non-hydrogen) atoms. The summed E-state index contributed by atoms with van der Waals surface area (Å²) < 4.78 is 58.2. The molecule has 3 aromatic rings. The van der Waals surface area contributed by atoms with Crippen molar-refractivity contribution < 1.29 is 26.4 Å². The van der Waals surface area contributed by atoms with Crippen molar-refractivity contribution in [3.63, 3.8) is 0 Å². The van der Waals surface area contributed by atoms with Gasteiger partial charge in [-0.3, -0.25) is 4.79 Å². The average Bonchev–Trinajstić information content (AvgIpc) is 2.89. The van der Waals surface area contributed by atoms with E-state index in [1.807, 2.05) is 26.0 Å². The van der Waals surface area contributed by atoms with E-state index >= 15 is 0 Å². The van der Waals surface area contributed by atoms with Crippen LogP contribution in [0, 0.1) is 5.92 Å². The number of benzene rings is 3. The predicted molar refractivity (Wildman–Crippen MR) is 140 cm³/mol. The first-order valence-electron chi connectivity index (χ1n) is 11.8. The zero-order chi connectivity index (χ0) is 26.5. The molecule has 0 aromatic heterocycles. The third kappa shape index (κ3) is 5.87. The Labute approximate surface area is 214 Å². The van der Waals surface area contributed by atoms with Gasteiger partial charge in [0.2, 0.25) is 0 Å². The SMILES string of the molecule is COC(=O)C(C)c1ccc(C(CC(S(=O)(=O)c2ccccc2)S(=O)(=O)c2ccccc2)C(C)C)cc1. The molecule has 0 amide bonds. The molecular formula is C28H32O6S2. The first kappa shape index (κ1) is 27.6. The molecule has 2 atom stereocenters. The molecule has 0 spiro atoms. The van der Waals surface area contributed by atoms with Gasteiger partial charge in [0.05, 0.1) is 22.8 Å². The minimum Gasteiger partial charge on any atom is -0.469 e. The van der Waals surface area contributed by atoms with Crippen LogP contribution in [0.25, 0.3) is 0 Å². The number of ether oxygens (including phenoxy) is 1. The van der Waals surface area contributed by atoms with E-state index in [9.17, 15) is 21.6 Å². The van der Waals surface area contributed by atoms with Crippen molar-refractivity contribution in [1.82, 2.24) is 0 Å². The van der Waals surface area contributed by atoms with Crippen molar-refractivity contribution in [3.05, 3.63) is 96.1 Å². The molecule has 0 aliphatic rings. The molecule has 0 heterocycles. The van der Waals surface area contributed by atoms with Gasteiger partial charge in [-0.2, -0.15) is 0 Å². The van der Waals surface area contributed by atoms with Crippen LogP contribution in [0.2, 0.25) is 0 Å². The van der Waals surface area contributed by atoms with Crippen LogP contribution in [0.3, 0.4) is 0 Å². The highest BCUT2D eigenvalue weighted by atomic mass is 32.3. The lowest BCUT2D eigenvalue weighted by Crippen LogP contribution is -2.33. The molecule has 0 bridgehead atoms. The van der Waals surface area contributed by atoms with Gasteiger partial charge in [-0.25, -0.2) is 16.8 Å². The summed E-state index contributed by atoms with van der Waals surface area (Å²) in [7, 11) is -7.12. The second kappa shape index (κ2) is 11.4. The van der Waals surface area contributed by atoms with E-state index in [0.29, 0.717) is 0 Å². The van der Waals surface area contributed by atoms with Crippen LogP contribution in [-0.2, 0) is 29.2 Å². The highest BCUT2D eigenvalue weighted by molar-refractivity contribution is 8.09. The van der Waals surface area contributed by atoms with Crippen molar-refractivity contribution >= 4 is 25.6 Å². The quantitative estimate of drug-likeness (QED) is 0.329. The molecule has 0 radical (unpaired) electrons. The maximum absolute atomic E-state index is 13.8. The minimum atomic E-state index is -4.23. The summed E-state index contributed by atoms with van der Waals surface area (Å²) in [6.45, 7) is 5.63. The van der Waals surface area contributed by atoms with E-state index in [1.165, 1.54) is 31.4 Å². The zero-order valence-corrected chi connectivity index (χ0v) is 22.5. The van der Waals surface area contributed by atoms with Gasteiger partial charge in [0.15, 0.2) is 24.3 Å². The maximum Gasteiger partial charge on any atom is 0.312 e. The second-order valence-corrected chi connectivity index (χ2v) is 13.7. The molecule has 0 saturated carbocycles. The molecule has 0 aliphatic carbocycles. The molecule has 192 valence electrons. The second-order valence-electron chi connectivity index (χ2n) is 9.14. The minimum absolute atomic E-state index is 0.0285. The Bertz CT molecular complexity index is 1300. The molecule has 3 aromatic carbocycles. The topological polar surface area (TPSA) is 94.6 Å². The summed E-state index contributed by atoms with van der Waals surface area (Å²) in [6.07, 6.45) is -0.113. The van der Waals surface area contributed by atoms with Crippen molar-refractivity contribution in [2.75, 3.05) is 7.11 Å². The van der Waals surface area contributed by atoms with Crippen LogP contribution in [0.4, 0.5) is 0 Å². The van der Waals surface area contributed by atoms with Crippen LogP contribution in [0.15, 0.2) is 94.7 Å².